The van der Waals surface area contributed by atoms with Crippen molar-refractivity contribution in [3.8, 4) is 5.75 Å². The van der Waals surface area contributed by atoms with Crippen molar-refractivity contribution >= 4 is 11.4 Å². The molecule has 1 aromatic carbocycles. The first-order chi connectivity index (χ1) is 8.11. The van der Waals surface area contributed by atoms with Gasteiger partial charge in [-0.05, 0) is 42.9 Å². The summed E-state index contributed by atoms with van der Waals surface area (Å²) in [6.45, 7) is 0.146. The van der Waals surface area contributed by atoms with E-state index in [1.807, 2.05) is 0 Å². The lowest BCUT2D eigenvalue weighted by Crippen LogP contribution is -2.04. The van der Waals surface area contributed by atoms with E-state index >= 15 is 0 Å². The minimum absolute atomic E-state index is 0.00592. The molecule has 1 rings (SSSR count). The van der Waals surface area contributed by atoms with E-state index in [1.165, 1.54) is 0 Å². The smallest absolute Gasteiger partial charge is 0.144 e. The predicted octanol–water partition coefficient (Wildman–Crippen LogP) is 0.406. The van der Waals surface area contributed by atoms with Crippen molar-refractivity contribution in [3.05, 3.63) is 17.2 Å². The molecule has 0 radical (unpaired) electrons. The highest BCUT2D eigenvalue weighted by Crippen LogP contribution is 2.34. The van der Waals surface area contributed by atoms with Gasteiger partial charge < -0.3 is 26.8 Å². The highest BCUT2D eigenvalue weighted by Gasteiger charge is 2.13. The molecule has 0 bridgehead atoms. The van der Waals surface area contributed by atoms with Gasteiger partial charge in [-0.2, -0.15) is 0 Å². The first-order valence-corrected chi connectivity index (χ1v) is 5.72. The van der Waals surface area contributed by atoms with Crippen molar-refractivity contribution in [1.82, 2.24) is 0 Å². The summed E-state index contributed by atoms with van der Waals surface area (Å²) in [5, 5.41) is 27.6. The van der Waals surface area contributed by atoms with Crippen LogP contribution in [0, 0.1) is 0 Å². The molecule has 0 heterocycles. The third-order valence-electron chi connectivity index (χ3n) is 2.76. The van der Waals surface area contributed by atoms with Crippen LogP contribution in [0.15, 0.2) is 6.07 Å². The van der Waals surface area contributed by atoms with Crippen molar-refractivity contribution < 1.29 is 15.3 Å². The van der Waals surface area contributed by atoms with Gasteiger partial charge in [0.1, 0.15) is 5.75 Å². The van der Waals surface area contributed by atoms with Gasteiger partial charge in [0.25, 0.3) is 0 Å². The Labute approximate surface area is 101 Å². The lowest BCUT2D eigenvalue weighted by atomic mass is 9.96. The van der Waals surface area contributed by atoms with E-state index in [0.29, 0.717) is 31.4 Å². The Kier molecular flexibility index (Phi) is 5.06. The van der Waals surface area contributed by atoms with Crippen molar-refractivity contribution in [2.45, 2.75) is 25.7 Å². The molecule has 0 aliphatic heterocycles. The second kappa shape index (κ2) is 6.32. The van der Waals surface area contributed by atoms with E-state index in [2.05, 4.69) is 0 Å². The summed E-state index contributed by atoms with van der Waals surface area (Å²) in [6, 6.07) is 1.73. The minimum Gasteiger partial charge on any atom is -0.505 e. The Morgan fingerprint density at radius 3 is 2.18 bits per heavy atom. The van der Waals surface area contributed by atoms with Gasteiger partial charge in [0.05, 0.1) is 11.4 Å². The number of anilines is 2. The maximum Gasteiger partial charge on any atom is 0.144 e. The molecule has 1 aromatic rings. The molecule has 0 atom stereocenters. The predicted molar refractivity (Wildman–Crippen MR) is 67.7 cm³/mol. The van der Waals surface area contributed by atoms with Gasteiger partial charge in [-0.25, -0.2) is 0 Å². The molecule has 0 aliphatic rings. The molecule has 96 valence electrons. The van der Waals surface area contributed by atoms with Crippen molar-refractivity contribution in [2.24, 2.45) is 0 Å². The number of nitrogens with two attached hydrogens (primary N) is 2. The fourth-order valence-corrected chi connectivity index (χ4v) is 1.83. The van der Waals surface area contributed by atoms with Crippen LogP contribution in [0.25, 0.3) is 0 Å². The fraction of sp³-hybridized carbons (Fsp3) is 0.500. The van der Waals surface area contributed by atoms with Gasteiger partial charge in [0.15, 0.2) is 0 Å². The van der Waals surface area contributed by atoms with Gasteiger partial charge in [0.2, 0.25) is 0 Å². The number of phenolic OH excluding ortho intramolecular Hbond substituents is 1. The summed E-state index contributed by atoms with van der Waals surface area (Å²) < 4.78 is 0. The number of nitrogen functional groups attached to an aromatic ring is 2. The average Bonchev–Trinajstić information content (AvgIpc) is 2.32. The molecule has 0 aromatic heterocycles. The number of hydrogen-bond donors (Lipinski definition) is 5. The molecule has 5 nitrogen and oxygen atoms in total. The number of aryl methyl sites for hydroxylation is 1. The second-order valence-electron chi connectivity index (χ2n) is 4.02. The summed E-state index contributed by atoms with van der Waals surface area (Å²) in [4.78, 5) is 0. The summed E-state index contributed by atoms with van der Waals surface area (Å²) in [7, 11) is 0. The first kappa shape index (κ1) is 13.6. The summed E-state index contributed by atoms with van der Waals surface area (Å²) in [5.41, 5.74) is 13.5. The molecule has 0 unspecified atom stereocenters. The van der Waals surface area contributed by atoms with Crippen LogP contribution in [0.5, 0.6) is 5.75 Å². The maximum atomic E-state index is 9.94. The third kappa shape index (κ3) is 3.25. The normalized spacial score (nSPS) is 10.7. The summed E-state index contributed by atoms with van der Waals surface area (Å²) in [5.74, 6) is 0.00592. The molecule has 0 spiro atoms. The van der Waals surface area contributed by atoms with Crippen LogP contribution in [0.1, 0.15) is 24.0 Å². The Balaban J connectivity index is 3.06. The van der Waals surface area contributed by atoms with E-state index in [1.54, 1.807) is 6.07 Å². The Morgan fingerprint density at radius 1 is 1.00 bits per heavy atom. The van der Waals surface area contributed by atoms with Crippen molar-refractivity contribution in [1.29, 1.82) is 0 Å². The second-order valence-corrected chi connectivity index (χ2v) is 4.02. The lowest BCUT2D eigenvalue weighted by molar-refractivity contribution is 0.285. The van der Waals surface area contributed by atoms with Crippen LogP contribution in [0.4, 0.5) is 11.4 Å². The molecule has 7 N–H and O–H groups in total. The van der Waals surface area contributed by atoms with Gasteiger partial charge in [-0.15, -0.1) is 0 Å². The number of aliphatic hydroxyl groups excluding tert-OH is 2. The standard InChI is InChI=1S/C12H20N2O3/c13-10-7-8(3-1-5-15)9(4-2-6-16)12(17)11(10)14/h7,15-17H,1-6,13-14H2. The molecule has 17 heavy (non-hydrogen) atoms. The average molecular weight is 240 g/mol. The third-order valence-corrected chi connectivity index (χ3v) is 2.76. The van der Waals surface area contributed by atoms with Crippen LogP contribution < -0.4 is 11.5 Å². The molecule has 0 saturated carbocycles. The molecule has 0 saturated heterocycles. The zero-order valence-corrected chi connectivity index (χ0v) is 9.82. The highest BCUT2D eigenvalue weighted by molar-refractivity contribution is 5.74. The molecule has 5 heteroatoms. The Hall–Kier alpha value is -1.46. The molecule has 0 fully saturated rings. The van der Waals surface area contributed by atoms with Crippen LogP contribution in [0.3, 0.4) is 0 Å². The van der Waals surface area contributed by atoms with Crippen molar-refractivity contribution in [3.63, 3.8) is 0 Å². The fourth-order valence-electron chi connectivity index (χ4n) is 1.83. The van der Waals surface area contributed by atoms with E-state index < -0.39 is 0 Å². The van der Waals surface area contributed by atoms with Gasteiger partial charge in [0, 0.05) is 13.2 Å². The zero-order valence-electron chi connectivity index (χ0n) is 9.82. The maximum absolute atomic E-state index is 9.94. The molecule has 0 aliphatic carbocycles. The monoisotopic (exact) mass is 240 g/mol. The van der Waals surface area contributed by atoms with E-state index in [0.717, 1.165) is 11.1 Å². The van der Waals surface area contributed by atoms with Crippen LogP contribution in [-0.4, -0.2) is 28.5 Å². The number of benzene rings is 1. The highest BCUT2D eigenvalue weighted by atomic mass is 16.3. The number of aromatic hydroxyl groups is 1. The quantitative estimate of drug-likeness (QED) is 0.365. The van der Waals surface area contributed by atoms with Crippen LogP contribution in [-0.2, 0) is 12.8 Å². The number of hydrogen-bond acceptors (Lipinski definition) is 5. The van der Waals surface area contributed by atoms with E-state index in [9.17, 15) is 5.11 Å². The van der Waals surface area contributed by atoms with E-state index in [-0.39, 0.29) is 24.7 Å². The molecular weight excluding hydrogens is 220 g/mol. The number of phenols is 1. The molecule has 0 amide bonds. The van der Waals surface area contributed by atoms with Gasteiger partial charge in [-0.1, -0.05) is 0 Å². The Bertz CT molecular complexity index is 381. The Morgan fingerprint density at radius 2 is 1.59 bits per heavy atom. The van der Waals surface area contributed by atoms with Crippen LogP contribution in [0.2, 0.25) is 0 Å². The minimum atomic E-state index is 0.00592. The molecular formula is C12H20N2O3. The topological polar surface area (TPSA) is 113 Å². The SMILES string of the molecule is Nc1cc(CCCO)c(CCCO)c(O)c1N. The van der Waals surface area contributed by atoms with Gasteiger partial charge in [-0.3, -0.25) is 0 Å². The van der Waals surface area contributed by atoms with Crippen molar-refractivity contribution in [2.75, 3.05) is 24.7 Å². The van der Waals surface area contributed by atoms with Gasteiger partial charge >= 0.3 is 0 Å². The van der Waals surface area contributed by atoms with Crippen LogP contribution >= 0.6 is 0 Å². The zero-order chi connectivity index (χ0) is 12.8. The first-order valence-electron chi connectivity index (χ1n) is 5.72. The largest absolute Gasteiger partial charge is 0.505 e. The summed E-state index contributed by atoms with van der Waals surface area (Å²) >= 11 is 0. The number of rotatable bonds is 6. The van der Waals surface area contributed by atoms with E-state index in [4.69, 9.17) is 21.7 Å². The number of aliphatic hydroxyl groups is 2. The summed E-state index contributed by atoms with van der Waals surface area (Å²) in [6.07, 6.45) is 2.35. The lowest BCUT2D eigenvalue weighted by Gasteiger charge is -2.14.